The molecule has 1 heterocycles. The molecule has 0 atom stereocenters. The van der Waals surface area contributed by atoms with E-state index in [1.165, 1.54) is 6.07 Å². The Morgan fingerprint density at radius 2 is 2.30 bits per heavy atom. The van der Waals surface area contributed by atoms with Gasteiger partial charge in [-0.2, -0.15) is 4.39 Å². The molecule has 0 saturated carbocycles. The van der Waals surface area contributed by atoms with Gasteiger partial charge in [0.1, 0.15) is 5.69 Å². The summed E-state index contributed by atoms with van der Waals surface area (Å²) in [6, 6.07) is 3.07. The Labute approximate surface area is 65.5 Å². The van der Waals surface area contributed by atoms with Gasteiger partial charge in [0, 0.05) is 0 Å². The summed E-state index contributed by atoms with van der Waals surface area (Å²) in [5.74, 6) is 0. The van der Waals surface area contributed by atoms with Crippen molar-refractivity contribution in [2.45, 2.75) is 0 Å². The average molecular weight is 151 g/mol. The summed E-state index contributed by atoms with van der Waals surface area (Å²) in [5, 5.41) is 0. The fourth-order valence-corrected chi connectivity index (χ4v) is 0.811. The molecule has 48 valence electrons. The Balaban J connectivity index is 3.07. The zero-order valence-electron chi connectivity index (χ0n) is 5.04. The van der Waals surface area contributed by atoms with Crippen molar-refractivity contribution in [1.82, 2.24) is 4.98 Å². The minimum absolute atomic E-state index is 0.146. The summed E-state index contributed by atoms with van der Waals surface area (Å²) in [6.45, 7) is 0. The number of nitrogens with zero attached hydrogens (tertiary/aromatic N) is 1. The van der Waals surface area contributed by atoms with Crippen LogP contribution in [0.2, 0.25) is 0 Å². The first-order valence-corrected chi connectivity index (χ1v) is 3.20. The van der Waals surface area contributed by atoms with E-state index in [-0.39, 0.29) is 5.69 Å². The van der Waals surface area contributed by atoms with Crippen LogP contribution >= 0.6 is 0 Å². The number of hydrogen-bond acceptors (Lipinski definition) is 2. The maximum absolute atomic E-state index is 11.9. The fourth-order valence-electron chi connectivity index (χ4n) is 0.561. The Hall–Kier alpha value is -0.718. The highest BCUT2D eigenvalue weighted by Gasteiger charge is 2.02. The highest BCUT2D eigenvalue weighted by molar-refractivity contribution is 6.30. The third kappa shape index (κ3) is 1.63. The lowest BCUT2D eigenvalue weighted by molar-refractivity contribution is 0.0830. The molecule has 0 N–H and O–H groups in total. The first-order chi connectivity index (χ1) is 4.70. The van der Waals surface area contributed by atoms with E-state index in [4.69, 9.17) is 0 Å². The molecule has 1 aromatic rings. The van der Waals surface area contributed by atoms with Crippen LogP contribution in [-0.4, -0.2) is 27.3 Å². The van der Waals surface area contributed by atoms with Crippen LogP contribution in [0, 0.1) is 0 Å². The smallest absolute Gasteiger partial charge is 0.268 e. The molecular formula is C6H3AlFNO. The van der Waals surface area contributed by atoms with Gasteiger partial charge in [0.2, 0.25) is 16.3 Å². The first-order valence-electron chi connectivity index (χ1n) is 2.62. The Morgan fingerprint density at radius 1 is 1.60 bits per heavy atom. The molecule has 0 aliphatic heterocycles. The van der Waals surface area contributed by atoms with Gasteiger partial charge in [0.05, 0.1) is 0 Å². The van der Waals surface area contributed by atoms with Crippen molar-refractivity contribution in [3.05, 3.63) is 23.9 Å². The topological polar surface area (TPSA) is 30.0 Å². The van der Waals surface area contributed by atoms with Crippen molar-refractivity contribution in [1.29, 1.82) is 0 Å². The lowest BCUT2D eigenvalue weighted by Crippen LogP contribution is -2.10. The van der Waals surface area contributed by atoms with Crippen molar-refractivity contribution >= 4 is 26.9 Å². The molecule has 0 fully saturated rings. The van der Waals surface area contributed by atoms with Gasteiger partial charge in [-0.1, -0.05) is 16.7 Å². The van der Waals surface area contributed by atoms with Crippen molar-refractivity contribution < 1.29 is 9.18 Å². The molecule has 2 nitrogen and oxygen atoms in total. The number of pyridine rings is 1. The van der Waals surface area contributed by atoms with Crippen LogP contribution in [-0.2, 0) is 0 Å². The first kappa shape index (κ1) is 7.39. The summed E-state index contributed by atoms with van der Waals surface area (Å²) in [6.07, 6.45) is 0. The molecule has 1 rings (SSSR count). The largest absolute Gasteiger partial charge is 0.350 e. The zero-order chi connectivity index (χ0) is 7.56. The van der Waals surface area contributed by atoms with E-state index in [1.807, 2.05) is 0 Å². The molecule has 0 bridgehead atoms. The number of aromatic nitrogens is 1. The van der Waals surface area contributed by atoms with Crippen LogP contribution in [0.15, 0.2) is 18.2 Å². The molecule has 0 aromatic carbocycles. The van der Waals surface area contributed by atoms with E-state index in [9.17, 15) is 9.18 Å². The van der Waals surface area contributed by atoms with Crippen LogP contribution in [0.1, 0.15) is 10.5 Å². The Morgan fingerprint density at radius 3 is 2.70 bits per heavy atom. The normalized spacial score (nSPS) is 9.30. The molecular weight excluding hydrogens is 148 g/mol. The van der Waals surface area contributed by atoms with Gasteiger partial charge >= 0.3 is 6.04 Å². The van der Waals surface area contributed by atoms with E-state index >= 15 is 0 Å². The third-order valence-electron chi connectivity index (χ3n) is 0.972. The number of carbonyl (C=O) groups is 1. The Kier molecular flexibility index (Phi) is 2.15. The van der Waals surface area contributed by atoms with Gasteiger partial charge in [-0.25, -0.2) is 0 Å². The monoisotopic (exact) mass is 151 g/mol. The van der Waals surface area contributed by atoms with Gasteiger partial charge in [-0.05, 0) is 6.07 Å². The molecule has 10 heavy (non-hydrogen) atoms. The molecule has 0 aliphatic rings. The van der Waals surface area contributed by atoms with E-state index in [0.29, 0.717) is 4.56 Å². The maximum Gasteiger partial charge on any atom is 0.350 e. The van der Waals surface area contributed by atoms with Gasteiger partial charge in [0.15, 0.2) is 0 Å². The summed E-state index contributed by atoms with van der Waals surface area (Å²) in [5.41, 5.74) is -0.146. The van der Waals surface area contributed by atoms with E-state index < -0.39 is 6.04 Å². The van der Waals surface area contributed by atoms with Gasteiger partial charge in [0.25, 0.3) is 0 Å². The number of rotatable bonds is 1. The molecule has 1 aromatic heterocycles. The minimum Gasteiger partial charge on any atom is -0.268 e. The van der Waals surface area contributed by atoms with E-state index in [1.54, 1.807) is 12.1 Å². The Bertz CT molecular complexity index is 264. The van der Waals surface area contributed by atoms with Crippen LogP contribution in [0.4, 0.5) is 4.39 Å². The predicted octanol–water partition coefficient (Wildman–Crippen LogP) is -0.0149. The van der Waals surface area contributed by atoms with Crippen molar-refractivity contribution in [3.8, 4) is 0 Å². The molecule has 2 radical (unpaired) electrons. The van der Waals surface area contributed by atoms with Crippen LogP contribution < -0.4 is 4.56 Å². The van der Waals surface area contributed by atoms with E-state index in [2.05, 4.69) is 21.3 Å². The second-order valence-corrected chi connectivity index (χ2v) is 2.31. The average Bonchev–Trinajstić information content (AvgIpc) is 1.88. The highest BCUT2D eigenvalue weighted by Crippen LogP contribution is 1.92. The molecule has 0 saturated heterocycles. The maximum atomic E-state index is 11.9. The number of carbonyl (C=O) groups excluding carboxylic acids is 1. The fraction of sp³-hybridized carbons (Fsp3) is 0. The summed E-state index contributed by atoms with van der Waals surface area (Å²) in [4.78, 5) is 13.7. The van der Waals surface area contributed by atoms with Crippen molar-refractivity contribution in [3.63, 3.8) is 0 Å². The summed E-state index contributed by atoms with van der Waals surface area (Å²) < 4.78 is 12.5. The van der Waals surface area contributed by atoms with Crippen LogP contribution in [0.5, 0.6) is 0 Å². The third-order valence-corrected chi connectivity index (χ3v) is 1.29. The lowest BCUT2D eigenvalue weighted by atomic mass is 10.4. The van der Waals surface area contributed by atoms with Crippen molar-refractivity contribution in [2.24, 2.45) is 0 Å². The van der Waals surface area contributed by atoms with Crippen LogP contribution in [0.25, 0.3) is 0 Å². The number of halogens is 1. The summed E-state index contributed by atoms with van der Waals surface area (Å²) >= 11 is 2.28. The van der Waals surface area contributed by atoms with Gasteiger partial charge in [-0.3, -0.25) is 9.78 Å². The predicted molar refractivity (Wildman–Crippen MR) is 35.1 cm³/mol. The quantitative estimate of drug-likeness (QED) is 0.417. The lowest BCUT2D eigenvalue weighted by Gasteiger charge is -1.92. The van der Waals surface area contributed by atoms with E-state index in [0.717, 1.165) is 0 Å². The molecule has 4 heteroatoms. The van der Waals surface area contributed by atoms with Crippen LogP contribution in [0.3, 0.4) is 0 Å². The molecule has 0 spiro atoms. The second-order valence-electron chi connectivity index (χ2n) is 1.72. The standard InChI is InChI=1S/C6H3FNO.Al/c7-6(9)5-3-1-2-4-8-5;/h1-3H;. The zero-order valence-corrected chi connectivity index (χ0v) is 6.20. The highest BCUT2D eigenvalue weighted by atomic mass is 27.0. The molecule has 0 amide bonds. The second kappa shape index (κ2) is 2.91. The van der Waals surface area contributed by atoms with Gasteiger partial charge in [-0.15, -0.1) is 0 Å². The number of hydrogen-bond donors (Lipinski definition) is 0. The minimum atomic E-state index is -1.50. The van der Waals surface area contributed by atoms with Gasteiger partial charge < -0.3 is 0 Å². The summed E-state index contributed by atoms with van der Waals surface area (Å²) in [7, 11) is 0. The van der Waals surface area contributed by atoms with Crippen molar-refractivity contribution in [2.75, 3.05) is 0 Å². The SMILES string of the molecule is O=C(F)c1ccc[c]([Al])n1. The molecule has 0 unspecified atom stereocenters. The molecule has 0 aliphatic carbocycles.